The van der Waals surface area contributed by atoms with Crippen LogP contribution in [-0.2, 0) is 11.4 Å². The third-order valence-electron chi connectivity index (χ3n) is 5.68. The molecule has 0 aliphatic carbocycles. The Morgan fingerprint density at radius 3 is 2.67 bits per heavy atom. The van der Waals surface area contributed by atoms with E-state index in [4.69, 9.17) is 9.47 Å². The van der Waals surface area contributed by atoms with Gasteiger partial charge < -0.3 is 25.2 Å². The first-order valence-electron chi connectivity index (χ1n) is 10.8. The number of benzene rings is 2. The lowest BCUT2D eigenvalue weighted by Gasteiger charge is -2.29. The number of aliphatic hydroxyl groups is 1. The molecule has 0 bridgehead atoms. The van der Waals surface area contributed by atoms with Crippen LogP contribution < -0.4 is 20.1 Å². The molecule has 3 N–H and O–H groups in total. The number of hydrogen-bond donors (Lipinski definition) is 3. The molecule has 3 aromatic rings. The van der Waals surface area contributed by atoms with Crippen molar-refractivity contribution in [2.45, 2.75) is 32.9 Å². The van der Waals surface area contributed by atoms with Gasteiger partial charge >= 0.3 is 0 Å². The van der Waals surface area contributed by atoms with Crippen molar-refractivity contribution in [1.82, 2.24) is 14.8 Å². The third kappa shape index (κ3) is 4.03. The van der Waals surface area contributed by atoms with Crippen LogP contribution in [0.3, 0.4) is 0 Å². The topological polar surface area (TPSA) is 111 Å². The Morgan fingerprint density at radius 1 is 1.15 bits per heavy atom. The van der Waals surface area contributed by atoms with Crippen molar-refractivity contribution in [2.24, 2.45) is 0 Å². The molecule has 1 amide bonds. The molecule has 1 atom stereocenters. The molecule has 5 rings (SSSR count). The van der Waals surface area contributed by atoms with Crippen LogP contribution in [0.15, 0.2) is 53.7 Å². The number of carbonyl (C=O) groups is 1. The summed E-state index contributed by atoms with van der Waals surface area (Å²) in [6, 6.07) is 12.7. The summed E-state index contributed by atoms with van der Waals surface area (Å²) in [5.41, 5.74) is 3.75. The van der Waals surface area contributed by atoms with Crippen molar-refractivity contribution in [3.63, 3.8) is 0 Å². The van der Waals surface area contributed by atoms with Gasteiger partial charge in [0.15, 0.2) is 17.3 Å². The average molecular weight is 447 g/mol. The molecule has 170 valence electrons. The molecule has 0 spiro atoms. The number of anilines is 2. The van der Waals surface area contributed by atoms with Gasteiger partial charge in [-0.2, -0.15) is 10.1 Å². The summed E-state index contributed by atoms with van der Waals surface area (Å²) in [5.74, 6) is 1.77. The monoisotopic (exact) mass is 447 g/mol. The summed E-state index contributed by atoms with van der Waals surface area (Å²) in [5, 5.41) is 20.2. The minimum absolute atomic E-state index is 0.257. The van der Waals surface area contributed by atoms with Crippen molar-refractivity contribution in [1.29, 1.82) is 0 Å². The second-order valence-corrected chi connectivity index (χ2v) is 8.10. The number of fused-ring (bicyclic) bond motifs is 2. The second-order valence-electron chi connectivity index (χ2n) is 8.10. The van der Waals surface area contributed by atoms with Crippen molar-refractivity contribution >= 4 is 17.5 Å². The quantitative estimate of drug-likeness (QED) is 0.563. The van der Waals surface area contributed by atoms with Gasteiger partial charge in [-0.25, -0.2) is 4.68 Å². The number of amides is 1. The maximum atomic E-state index is 13.5. The lowest BCUT2D eigenvalue weighted by Crippen LogP contribution is -2.31. The lowest BCUT2D eigenvalue weighted by atomic mass is 9.94. The van der Waals surface area contributed by atoms with E-state index in [2.05, 4.69) is 20.7 Å². The Bertz CT molecular complexity index is 1230. The summed E-state index contributed by atoms with van der Waals surface area (Å²) in [7, 11) is 0. The van der Waals surface area contributed by atoms with Crippen LogP contribution in [0.2, 0.25) is 0 Å². The number of aliphatic hydroxyl groups excluding tert-OH is 1. The number of carbonyl (C=O) groups excluding carboxylic acids is 1. The van der Waals surface area contributed by atoms with Crippen molar-refractivity contribution in [3.05, 3.63) is 70.7 Å². The Labute approximate surface area is 191 Å². The molecule has 2 aromatic carbocycles. The first-order valence-corrected chi connectivity index (χ1v) is 10.8. The minimum atomic E-state index is -0.573. The standard InChI is InChI=1S/C24H25N5O4/c1-14-4-7-17(8-5-14)26-23(31)21-15(2)25-24-27-20(13-30)28-29(24)22(21)16-6-9-18-19(12-16)33-11-3-10-32-18/h4-9,12,22,30H,3,10-11,13H2,1-2H3,(H,26,31)(H,25,27,28). The van der Waals surface area contributed by atoms with E-state index in [-0.39, 0.29) is 18.3 Å². The molecule has 9 heteroatoms. The van der Waals surface area contributed by atoms with Crippen LogP contribution in [0.25, 0.3) is 0 Å². The fourth-order valence-electron chi connectivity index (χ4n) is 4.05. The van der Waals surface area contributed by atoms with E-state index in [1.807, 2.05) is 56.3 Å². The lowest BCUT2D eigenvalue weighted by molar-refractivity contribution is -0.113. The maximum Gasteiger partial charge on any atom is 0.255 e. The first kappa shape index (κ1) is 21.0. The van der Waals surface area contributed by atoms with E-state index in [1.165, 1.54) is 0 Å². The SMILES string of the molecule is CC1=C(C(=O)Nc2ccc(C)cc2)C(c2ccc3c(c2)OCCCO3)n2nc(CO)nc2N1. The van der Waals surface area contributed by atoms with E-state index in [0.29, 0.717) is 47.6 Å². The zero-order valence-corrected chi connectivity index (χ0v) is 18.5. The Morgan fingerprint density at radius 2 is 1.91 bits per heavy atom. The fourth-order valence-corrected chi connectivity index (χ4v) is 4.05. The van der Waals surface area contributed by atoms with Crippen LogP contribution in [0, 0.1) is 6.92 Å². The Balaban J connectivity index is 1.58. The van der Waals surface area contributed by atoms with Gasteiger partial charge in [0.1, 0.15) is 12.6 Å². The highest BCUT2D eigenvalue weighted by atomic mass is 16.5. The largest absolute Gasteiger partial charge is 0.490 e. The third-order valence-corrected chi connectivity index (χ3v) is 5.68. The number of ether oxygens (including phenoxy) is 2. The maximum absolute atomic E-state index is 13.5. The van der Waals surface area contributed by atoms with Gasteiger partial charge in [0.25, 0.3) is 5.91 Å². The summed E-state index contributed by atoms with van der Waals surface area (Å²) in [4.78, 5) is 17.9. The van der Waals surface area contributed by atoms with E-state index < -0.39 is 6.04 Å². The summed E-state index contributed by atoms with van der Waals surface area (Å²) < 4.78 is 13.3. The zero-order valence-electron chi connectivity index (χ0n) is 18.5. The van der Waals surface area contributed by atoms with Crippen molar-refractivity contribution in [3.8, 4) is 11.5 Å². The molecule has 9 nitrogen and oxygen atoms in total. The molecule has 33 heavy (non-hydrogen) atoms. The van der Waals surface area contributed by atoms with Crippen LogP contribution >= 0.6 is 0 Å². The van der Waals surface area contributed by atoms with Crippen LogP contribution in [0.4, 0.5) is 11.6 Å². The second kappa shape index (κ2) is 8.59. The number of aryl methyl sites for hydroxylation is 1. The molecule has 2 aliphatic rings. The van der Waals surface area contributed by atoms with E-state index in [9.17, 15) is 9.90 Å². The molecule has 0 saturated heterocycles. The zero-order chi connectivity index (χ0) is 22.9. The number of aromatic nitrogens is 3. The minimum Gasteiger partial charge on any atom is -0.490 e. The molecule has 0 radical (unpaired) electrons. The van der Waals surface area contributed by atoms with Crippen LogP contribution in [0.1, 0.15) is 36.3 Å². The molecule has 0 fully saturated rings. The van der Waals surface area contributed by atoms with Crippen molar-refractivity contribution in [2.75, 3.05) is 23.8 Å². The number of allylic oxidation sites excluding steroid dienone is 1. The Kier molecular flexibility index (Phi) is 5.47. The number of nitrogens with one attached hydrogen (secondary N) is 2. The van der Waals surface area contributed by atoms with Gasteiger partial charge in [-0.3, -0.25) is 4.79 Å². The first-order chi connectivity index (χ1) is 16.0. The highest BCUT2D eigenvalue weighted by molar-refractivity contribution is 6.06. The molecule has 3 heterocycles. The van der Waals surface area contributed by atoms with E-state index in [1.54, 1.807) is 4.68 Å². The highest BCUT2D eigenvalue weighted by Gasteiger charge is 2.35. The summed E-state index contributed by atoms with van der Waals surface area (Å²) in [6.45, 7) is 4.67. The molecular weight excluding hydrogens is 422 g/mol. The van der Waals surface area contributed by atoms with Crippen molar-refractivity contribution < 1.29 is 19.4 Å². The summed E-state index contributed by atoms with van der Waals surface area (Å²) in [6.07, 6.45) is 0.799. The van der Waals surface area contributed by atoms with E-state index >= 15 is 0 Å². The van der Waals surface area contributed by atoms with Gasteiger partial charge in [0.05, 0.1) is 18.8 Å². The van der Waals surface area contributed by atoms with Gasteiger partial charge in [-0.15, -0.1) is 0 Å². The van der Waals surface area contributed by atoms with Gasteiger partial charge in [-0.05, 0) is 43.7 Å². The molecular formula is C24H25N5O4. The predicted octanol–water partition coefficient (Wildman–Crippen LogP) is 3.17. The molecule has 1 unspecified atom stereocenters. The highest BCUT2D eigenvalue weighted by Crippen LogP contribution is 2.39. The summed E-state index contributed by atoms with van der Waals surface area (Å²) >= 11 is 0. The fraction of sp³-hybridized carbons (Fsp3) is 0.292. The predicted molar refractivity (Wildman–Crippen MR) is 122 cm³/mol. The Hall–Kier alpha value is -3.85. The smallest absolute Gasteiger partial charge is 0.255 e. The van der Waals surface area contributed by atoms with E-state index in [0.717, 1.165) is 17.5 Å². The number of nitrogens with zero attached hydrogens (tertiary/aromatic N) is 3. The molecule has 0 saturated carbocycles. The molecule has 1 aromatic heterocycles. The number of rotatable bonds is 4. The average Bonchev–Trinajstić information content (AvgIpc) is 3.07. The van der Waals surface area contributed by atoms with Gasteiger partial charge in [0, 0.05) is 17.8 Å². The van der Waals surface area contributed by atoms with Gasteiger partial charge in [-0.1, -0.05) is 23.8 Å². The van der Waals surface area contributed by atoms with Crippen LogP contribution in [0.5, 0.6) is 11.5 Å². The van der Waals surface area contributed by atoms with Crippen LogP contribution in [-0.4, -0.2) is 39.0 Å². The van der Waals surface area contributed by atoms with Gasteiger partial charge in [0.2, 0.25) is 5.95 Å². The number of hydrogen-bond acceptors (Lipinski definition) is 7. The molecule has 2 aliphatic heterocycles. The normalized spacial score (nSPS) is 17.1.